The number of ether oxygens (including phenoxy) is 1. The fourth-order valence-electron chi connectivity index (χ4n) is 5.39. The predicted octanol–water partition coefficient (Wildman–Crippen LogP) is 5.54. The van der Waals surface area contributed by atoms with Gasteiger partial charge in [0.15, 0.2) is 5.82 Å². The highest BCUT2D eigenvalue weighted by Crippen LogP contribution is 2.28. The molecule has 0 fully saturated rings. The van der Waals surface area contributed by atoms with E-state index in [9.17, 15) is 4.79 Å². The molecule has 40 heavy (non-hydrogen) atoms. The Bertz CT molecular complexity index is 1630. The lowest BCUT2D eigenvalue weighted by molar-refractivity contribution is 0.160. The van der Waals surface area contributed by atoms with E-state index in [0.717, 1.165) is 57.6 Å². The van der Waals surface area contributed by atoms with Gasteiger partial charge in [-0.2, -0.15) is 0 Å². The first-order valence-corrected chi connectivity index (χ1v) is 13.7. The standard InChI is InChI=1S/C32H36N6O2/c1-5-30(31-34-35-36-38(31)16-15-24-9-7-6-8-10-24)37(20-25-11-13-27(40-4)14-12-25)21-26-19-28-23(3)17-22(2)18-29(28)33-32(26)39/h6-14,17-19,30H,5,15-16,20-21H2,1-4H3,(H,33,39)/t30-/m1/s1. The highest BCUT2D eigenvalue weighted by Gasteiger charge is 2.26. The fraction of sp³-hybridized carbons (Fsp3) is 0.312. The van der Waals surface area contributed by atoms with Gasteiger partial charge in [-0.15, -0.1) is 5.10 Å². The van der Waals surface area contributed by atoms with E-state index < -0.39 is 0 Å². The molecule has 0 aliphatic carbocycles. The van der Waals surface area contributed by atoms with Crippen LogP contribution in [0.4, 0.5) is 0 Å². The molecular weight excluding hydrogens is 500 g/mol. The van der Waals surface area contributed by atoms with Crippen LogP contribution in [0.25, 0.3) is 10.9 Å². The number of aromatic amines is 1. The Morgan fingerprint density at radius 1 is 0.975 bits per heavy atom. The number of hydrogen-bond donors (Lipinski definition) is 1. The van der Waals surface area contributed by atoms with Crippen LogP contribution in [-0.4, -0.2) is 37.2 Å². The van der Waals surface area contributed by atoms with E-state index in [0.29, 0.717) is 19.6 Å². The first-order chi connectivity index (χ1) is 19.4. The minimum absolute atomic E-state index is 0.0734. The van der Waals surface area contributed by atoms with Gasteiger partial charge in [0, 0.05) is 36.1 Å². The van der Waals surface area contributed by atoms with Crippen LogP contribution >= 0.6 is 0 Å². The monoisotopic (exact) mass is 536 g/mol. The van der Waals surface area contributed by atoms with Crippen molar-refractivity contribution in [2.75, 3.05) is 7.11 Å². The third kappa shape index (κ3) is 6.13. The Morgan fingerprint density at radius 3 is 2.48 bits per heavy atom. The summed E-state index contributed by atoms with van der Waals surface area (Å²) in [5.41, 5.74) is 6.14. The molecule has 1 N–H and O–H groups in total. The van der Waals surface area contributed by atoms with Gasteiger partial charge in [-0.25, -0.2) is 4.68 Å². The Balaban J connectivity index is 1.49. The lowest BCUT2D eigenvalue weighted by Gasteiger charge is -2.30. The van der Waals surface area contributed by atoms with Crippen molar-refractivity contribution in [1.29, 1.82) is 0 Å². The van der Waals surface area contributed by atoms with Crippen molar-refractivity contribution in [3.63, 3.8) is 0 Å². The molecule has 0 spiro atoms. The molecule has 5 rings (SSSR count). The number of aromatic nitrogens is 5. The van der Waals surface area contributed by atoms with E-state index in [2.05, 4.69) is 69.6 Å². The van der Waals surface area contributed by atoms with Crippen molar-refractivity contribution in [1.82, 2.24) is 30.1 Å². The van der Waals surface area contributed by atoms with Gasteiger partial charge in [0.25, 0.3) is 5.56 Å². The average molecular weight is 537 g/mol. The third-order valence-electron chi connectivity index (χ3n) is 7.45. The number of fused-ring (bicyclic) bond motifs is 1. The van der Waals surface area contributed by atoms with E-state index in [1.54, 1.807) is 7.11 Å². The zero-order valence-corrected chi connectivity index (χ0v) is 23.6. The number of nitrogens with zero attached hydrogens (tertiary/aromatic N) is 5. The number of nitrogens with one attached hydrogen (secondary N) is 1. The second kappa shape index (κ2) is 12.3. The molecule has 0 radical (unpaired) electrons. The van der Waals surface area contributed by atoms with Gasteiger partial charge in [-0.05, 0) is 83.6 Å². The summed E-state index contributed by atoms with van der Waals surface area (Å²) in [4.78, 5) is 18.7. The van der Waals surface area contributed by atoms with Crippen molar-refractivity contribution >= 4 is 10.9 Å². The number of methoxy groups -OCH3 is 1. The molecule has 8 heteroatoms. The molecule has 0 aliphatic rings. The topological polar surface area (TPSA) is 88.9 Å². The predicted molar refractivity (Wildman–Crippen MR) is 157 cm³/mol. The van der Waals surface area contributed by atoms with Crippen LogP contribution in [0.1, 0.15) is 53.0 Å². The van der Waals surface area contributed by atoms with E-state index in [1.165, 1.54) is 5.56 Å². The second-order valence-electron chi connectivity index (χ2n) is 10.3. The Hall–Kier alpha value is -4.30. The van der Waals surface area contributed by atoms with Gasteiger partial charge in [-0.1, -0.05) is 55.5 Å². The normalized spacial score (nSPS) is 12.2. The zero-order valence-electron chi connectivity index (χ0n) is 23.6. The van der Waals surface area contributed by atoms with Gasteiger partial charge in [0.2, 0.25) is 0 Å². The van der Waals surface area contributed by atoms with Gasteiger partial charge >= 0.3 is 0 Å². The third-order valence-corrected chi connectivity index (χ3v) is 7.45. The molecular formula is C32H36N6O2. The second-order valence-corrected chi connectivity index (χ2v) is 10.3. The Kier molecular flexibility index (Phi) is 8.36. The van der Waals surface area contributed by atoms with Crippen molar-refractivity contribution in [3.05, 3.63) is 117 Å². The van der Waals surface area contributed by atoms with Crippen molar-refractivity contribution in [2.45, 2.75) is 59.3 Å². The molecule has 1 atom stereocenters. The van der Waals surface area contributed by atoms with Crippen LogP contribution in [0.5, 0.6) is 5.75 Å². The molecule has 0 bridgehead atoms. The quantitative estimate of drug-likeness (QED) is 0.239. The lowest BCUT2D eigenvalue weighted by atomic mass is 10.0. The minimum atomic E-state index is -0.0953. The van der Waals surface area contributed by atoms with Crippen LogP contribution in [-0.2, 0) is 26.1 Å². The van der Waals surface area contributed by atoms with Gasteiger partial charge < -0.3 is 9.72 Å². The van der Waals surface area contributed by atoms with E-state index in [1.807, 2.05) is 54.1 Å². The molecule has 0 aliphatic heterocycles. The summed E-state index contributed by atoms with van der Waals surface area (Å²) < 4.78 is 7.27. The van der Waals surface area contributed by atoms with Crippen LogP contribution in [0.2, 0.25) is 0 Å². The summed E-state index contributed by atoms with van der Waals surface area (Å²) in [6.07, 6.45) is 1.61. The maximum absolute atomic E-state index is 13.3. The number of hydrogen-bond acceptors (Lipinski definition) is 6. The van der Waals surface area contributed by atoms with Gasteiger partial charge in [0.05, 0.1) is 13.2 Å². The first kappa shape index (κ1) is 27.3. The van der Waals surface area contributed by atoms with Crippen molar-refractivity contribution in [3.8, 4) is 5.75 Å². The van der Waals surface area contributed by atoms with Crippen LogP contribution in [0.15, 0.2) is 77.6 Å². The zero-order chi connectivity index (χ0) is 28.1. The molecule has 0 saturated heterocycles. The summed E-state index contributed by atoms with van der Waals surface area (Å²) >= 11 is 0. The molecule has 2 heterocycles. The number of rotatable bonds is 11. The number of pyridine rings is 1. The smallest absolute Gasteiger partial charge is 0.252 e. The number of benzene rings is 3. The summed E-state index contributed by atoms with van der Waals surface area (Å²) in [5, 5.41) is 13.9. The van der Waals surface area contributed by atoms with E-state index in [4.69, 9.17) is 4.74 Å². The van der Waals surface area contributed by atoms with Crippen LogP contribution in [0, 0.1) is 13.8 Å². The average Bonchev–Trinajstić information content (AvgIpc) is 3.42. The minimum Gasteiger partial charge on any atom is -0.497 e. The van der Waals surface area contributed by atoms with Crippen molar-refractivity contribution < 1.29 is 4.74 Å². The summed E-state index contributed by atoms with van der Waals surface area (Å²) in [6, 6.07) is 24.5. The largest absolute Gasteiger partial charge is 0.497 e. The van der Waals surface area contributed by atoms with Crippen molar-refractivity contribution in [2.24, 2.45) is 0 Å². The van der Waals surface area contributed by atoms with E-state index in [-0.39, 0.29) is 11.6 Å². The number of tetrazole rings is 1. The molecule has 206 valence electrons. The molecule has 3 aromatic carbocycles. The van der Waals surface area contributed by atoms with Gasteiger partial charge in [0.1, 0.15) is 5.75 Å². The lowest BCUT2D eigenvalue weighted by Crippen LogP contribution is -2.32. The molecule has 8 nitrogen and oxygen atoms in total. The van der Waals surface area contributed by atoms with Gasteiger partial charge in [-0.3, -0.25) is 9.69 Å². The Morgan fingerprint density at radius 2 is 1.75 bits per heavy atom. The summed E-state index contributed by atoms with van der Waals surface area (Å²) in [6.45, 7) is 8.02. The molecule has 0 amide bonds. The molecule has 2 aromatic heterocycles. The SMILES string of the molecule is CC[C@H](c1nnnn1CCc1ccccc1)N(Cc1ccc(OC)cc1)Cc1cc2c(C)cc(C)cc2[nH]c1=O. The maximum atomic E-state index is 13.3. The summed E-state index contributed by atoms with van der Waals surface area (Å²) in [5.74, 6) is 1.61. The molecule has 5 aromatic rings. The highest BCUT2D eigenvalue weighted by atomic mass is 16.5. The maximum Gasteiger partial charge on any atom is 0.252 e. The molecule has 0 saturated carbocycles. The summed E-state index contributed by atoms with van der Waals surface area (Å²) in [7, 11) is 1.67. The molecule has 0 unspecified atom stereocenters. The number of aryl methyl sites for hydroxylation is 4. The fourth-order valence-corrected chi connectivity index (χ4v) is 5.39. The van der Waals surface area contributed by atoms with E-state index >= 15 is 0 Å². The highest BCUT2D eigenvalue weighted by molar-refractivity contribution is 5.83. The first-order valence-electron chi connectivity index (χ1n) is 13.7. The Labute approximate surface area is 234 Å². The van der Waals surface area contributed by atoms with Crippen LogP contribution in [0.3, 0.4) is 0 Å². The number of H-pyrrole nitrogens is 1. The van der Waals surface area contributed by atoms with Crippen LogP contribution < -0.4 is 10.3 Å².